The van der Waals surface area contributed by atoms with Crippen molar-refractivity contribution in [3.05, 3.63) is 52.0 Å². The van der Waals surface area contributed by atoms with Crippen LogP contribution in [0.2, 0.25) is 10.0 Å². The van der Waals surface area contributed by atoms with Gasteiger partial charge in [0.15, 0.2) is 11.5 Å². The predicted octanol–water partition coefficient (Wildman–Crippen LogP) is 4.02. The van der Waals surface area contributed by atoms with Crippen molar-refractivity contribution in [2.24, 2.45) is 0 Å². The van der Waals surface area contributed by atoms with Crippen LogP contribution < -0.4 is 14.8 Å². The molecule has 126 valence electrons. The number of anilines is 1. The molecule has 1 aliphatic heterocycles. The molecule has 0 unspecified atom stereocenters. The first-order chi connectivity index (χ1) is 12.1. The monoisotopic (exact) mass is 377 g/mol. The summed E-state index contributed by atoms with van der Waals surface area (Å²) in [6, 6.07) is 9.64. The first-order valence-corrected chi connectivity index (χ1v) is 7.85. The van der Waals surface area contributed by atoms with Gasteiger partial charge in [0.1, 0.15) is 0 Å². The zero-order valence-corrected chi connectivity index (χ0v) is 14.0. The van der Waals surface area contributed by atoms with Gasteiger partial charge in [0.05, 0.1) is 0 Å². The average Bonchev–Trinajstić information content (AvgIpc) is 3.22. The van der Waals surface area contributed by atoms with Crippen molar-refractivity contribution < 1.29 is 18.7 Å². The normalized spacial score (nSPS) is 12.2. The molecule has 0 atom stereocenters. The molecule has 7 nitrogen and oxygen atoms in total. The standard InChI is InChI=1S/C16H9Cl2N3O4/c17-10-3-9(4-11(18)6-10)15-20-21-16(25-15)19-14(22)8-1-2-12-13(5-8)24-7-23-12/h1-6H,7H2,(H,19,21,22). The maximum atomic E-state index is 12.3. The van der Waals surface area contributed by atoms with Crippen LogP contribution in [0, 0.1) is 0 Å². The number of ether oxygens (including phenoxy) is 2. The molecule has 1 aromatic heterocycles. The molecule has 3 aromatic rings. The maximum absolute atomic E-state index is 12.3. The van der Waals surface area contributed by atoms with Crippen LogP contribution in [-0.4, -0.2) is 22.9 Å². The van der Waals surface area contributed by atoms with Crippen LogP contribution in [0.5, 0.6) is 11.5 Å². The number of carbonyl (C=O) groups is 1. The van der Waals surface area contributed by atoms with Gasteiger partial charge in [-0.05, 0) is 36.4 Å². The number of nitrogens with zero attached hydrogens (tertiary/aromatic N) is 2. The number of hydrogen-bond acceptors (Lipinski definition) is 6. The quantitative estimate of drug-likeness (QED) is 0.741. The lowest BCUT2D eigenvalue weighted by Crippen LogP contribution is -2.12. The van der Waals surface area contributed by atoms with E-state index in [9.17, 15) is 4.79 Å². The minimum Gasteiger partial charge on any atom is -0.454 e. The highest BCUT2D eigenvalue weighted by molar-refractivity contribution is 6.35. The first-order valence-electron chi connectivity index (χ1n) is 7.09. The van der Waals surface area contributed by atoms with E-state index < -0.39 is 5.91 Å². The molecule has 0 aliphatic carbocycles. The Hall–Kier alpha value is -2.77. The Kier molecular flexibility index (Phi) is 3.95. The Labute approximate surface area is 151 Å². The molecule has 0 bridgehead atoms. The lowest BCUT2D eigenvalue weighted by atomic mass is 10.2. The van der Waals surface area contributed by atoms with Crippen LogP contribution in [0.3, 0.4) is 0 Å². The number of halogens is 2. The zero-order valence-electron chi connectivity index (χ0n) is 12.5. The van der Waals surface area contributed by atoms with Crippen LogP contribution in [-0.2, 0) is 0 Å². The van der Waals surface area contributed by atoms with E-state index in [1.807, 2.05) is 0 Å². The zero-order chi connectivity index (χ0) is 17.4. The number of aromatic nitrogens is 2. The number of amides is 1. The van der Waals surface area contributed by atoms with Gasteiger partial charge >= 0.3 is 6.01 Å². The summed E-state index contributed by atoms with van der Waals surface area (Å²) >= 11 is 11.9. The van der Waals surface area contributed by atoms with Crippen molar-refractivity contribution in [1.82, 2.24) is 10.2 Å². The Morgan fingerprint density at radius 3 is 2.56 bits per heavy atom. The highest BCUT2D eigenvalue weighted by atomic mass is 35.5. The molecule has 1 N–H and O–H groups in total. The number of nitrogens with one attached hydrogen (secondary N) is 1. The van der Waals surface area contributed by atoms with E-state index in [1.54, 1.807) is 36.4 Å². The average molecular weight is 378 g/mol. The van der Waals surface area contributed by atoms with E-state index in [2.05, 4.69) is 15.5 Å². The Balaban J connectivity index is 1.53. The topological polar surface area (TPSA) is 86.5 Å². The molecule has 9 heteroatoms. The predicted molar refractivity (Wildman–Crippen MR) is 90.3 cm³/mol. The number of hydrogen-bond donors (Lipinski definition) is 1. The van der Waals surface area contributed by atoms with Crippen LogP contribution >= 0.6 is 23.2 Å². The summed E-state index contributed by atoms with van der Waals surface area (Å²) in [4.78, 5) is 12.3. The van der Waals surface area contributed by atoms with E-state index in [0.717, 1.165) is 0 Å². The fourth-order valence-electron chi connectivity index (χ4n) is 2.27. The third-order valence-corrected chi connectivity index (χ3v) is 3.83. The molecular weight excluding hydrogens is 369 g/mol. The fourth-order valence-corrected chi connectivity index (χ4v) is 2.80. The third kappa shape index (κ3) is 3.24. The second kappa shape index (κ2) is 6.27. The number of fused-ring (bicyclic) bond motifs is 1. The molecule has 0 saturated carbocycles. The van der Waals surface area contributed by atoms with E-state index >= 15 is 0 Å². The first kappa shape index (κ1) is 15.7. The van der Waals surface area contributed by atoms with Gasteiger partial charge in [0.2, 0.25) is 12.7 Å². The SMILES string of the molecule is O=C(Nc1nnc(-c2cc(Cl)cc(Cl)c2)o1)c1ccc2c(c1)OCO2. The summed E-state index contributed by atoms with van der Waals surface area (Å²) < 4.78 is 15.9. The summed E-state index contributed by atoms with van der Waals surface area (Å²) in [7, 11) is 0. The van der Waals surface area contributed by atoms with Crippen molar-refractivity contribution >= 4 is 35.1 Å². The molecule has 1 aliphatic rings. The molecule has 0 fully saturated rings. The highest BCUT2D eigenvalue weighted by Gasteiger charge is 2.18. The fraction of sp³-hybridized carbons (Fsp3) is 0.0625. The van der Waals surface area contributed by atoms with Crippen LogP contribution in [0.25, 0.3) is 11.5 Å². The Morgan fingerprint density at radius 2 is 1.76 bits per heavy atom. The maximum Gasteiger partial charge on any atom is 0.322 e. The van der Waals surface area contributed by atoms with E-state index in [0.29, 0.717) is 32.7 Å². The molecule has 0 radical (unpaired) electrons. The molecule has 4 rings (SSSR count). The summed E-state index contributed by atoms with van der Waals surface area (Å²) in [5.74, 6) is 0.866. The summed E-state index contributed by atoms with van der Waals surface area (Å²) in [6.07, 6.45) is 0. The van der Waals surface area contributed by atoms with Crippen molar-refractivity contribution in [2.45, 2.75) is 0 Å². The van der Waals surface area contributed by atoms with Gasteiger partial charge in [-0.3, -0.25) is 10.1 Å². The van der Waals surface area contributed by atoms with Crippen molar-refractivity contribution in [2.75, 3.05) is 12.1 Å². The summed E-state index contributed by atoms with van der Waals surface area (Å²) in [5.41, 5.74) is 0.920. The van der Waals surface area contributed by atoms with Crippen molar-refractivity contribution in [1.29, 1.82) is 0 Å². The van der Waals surface area contributed by atoms with Gasteiger partial charge in [-0.15, -0.1) is 5.10 Å². The van der Waals surface area contributed by atoms with Gasteiger partial charge < -0.3 is 13.9 Å². The molecule has 1 amide bonds. The minimum absolute atomic E-state index is 0.0474. The largest absolute Gasteiger partial charge is 0.454 e. The van der Waals surface area contributed by atoms with Crippen LogP contribution in [0.15, 0.2) is 40.8 Å². The molecule has 2 heterocycles. The van der Waals surface area contributed by atoms with Gasteiger partial charge in [-0.25, -0.2) is 0 Å². The lowest BCUT2D eigenvalue weighted by molar-refractivity contribution is 0.102. The molecule has 0 spiro atoms. The molecule has 0 saturated heterocycles. The molecular formula is C16H9Cl2N3O4. The van der Waals surface area contributed by atoms with Crippen molar-refractivity contribution in [3.63, 3.8) is 0 Å². The van der Waals surface area contributed by atoms with E-state index in [1.165, 1.54) is 0 Å². The minimum atomic E-state index is -0.419. The van der Waals surface area contributed by atoms with E-state index in [-0.39, 0.29) is 18.7 Å². The Bertz CT molecular complexity index is 954. The van der Waals surface area contributed by atoms with Gasteiger partial charge in [0, 0.05) is 21.2 Å². The number of benzene rings is 2. The number of rotatable bonds is 3. The van der Waals surface area contributed by atoms with E-state index in [4.69, 9.17) is 37.1 Å². The van der Waals surface area contributed by atoms with Crippen LogP contribution in [0.4, 0.5) is 6.01 Å². The summed E-state index contributed by atoms with van der Waals surface area (Å²) in [5, 5.41) is 11.1. The summed E-state index contributed by atoms with van der Waals surface area (Å²) in [6.45, 7) is 0.135. The highest BCUT2D eigenvalue weighted by Crippen LogP contribution is 2.33. The second-order valence-corrected chi connectivity index (χ2v) is 5.97. The van der Waals surface area contributed by atoms with Gasteiger partial charge in [-0.2, -0.15) is 0 Å². The van der Waals surface area contributed by atoms with Crippen molar-refractivity contribution in [3.8, 4) is 23.0 Å². The van der Waals surface area contributed by atoms with Crippen LogP contribution in [0.1, 0.15) is 10.4 Å². The molecule has 25 heavy (non-hydrogen) atoms. The second-order valence-electron chi connectivity index (χ2n) is 5.09. The lowest BCUT2D eigenvalue weighted by Gasteiger charge is -2.02. The third-order valence-electron chi connectivity index (χ3n) is 3.39. The van der Waals surface area contributed by atoms with Gasteiger partial charge in [-0.1, -0.05) is 28.3 Å². The molecule has 2 aromatic carbocycles. The Morgan fingerprint density at radius 1 is 1.00 bits per heavy atom. The van der Waals surface area contributed by atoms with Gasteiger partial charge in [0.25, 0.3) is 5.91 Å². The number of carbonyl (C=O) groups excluding carboxylic acids is 1. The smallest absolute Gasteiger partial charge is 0.322 e.